The van der Waals surface area contributed by atoms with Gasteiger partial charge in [-0.25, -0.2) is 34.9 Å². The molecule has 0 aliphatic carbocycles. The van der Waals surface area contributed by atoms with Crippen molar-refractivity contribution in [2.45, 2.75) is 27.7 Å². The molecule has 0 spiro atoms. The molecule has 0 aliphatic heterocycles. The maximum absolute atomic E-state index is 5.56. The summed E-state index contributed by atoms with van der Waals surface area (Å²) in [5, 5.41) is 4.47. The lowest BCUT2D eigenvalue weighted by atomic mass is 10.2. The molecule has 0 unspecified atom stereocenters. The van der Waals surface area contributed by atoms with Gasteiger partial charge in [-0.3, -0.25) is 4.98 Å². The van der Waals surface area contributed by atoms with E-state index in [4.69, 9.17) is 8.83 Å². The second-order valence-corrected chi connectivity index (χ2v) is 15.1. The average molecular weight is 769 g/mol. The van der Waals surface area contributed by atoms with Crippen LogP contribution in [0.25, 0.3) is 85.3 Å². The highest BCUT2D eigenvalue weighted by molar-refractivity contribution is 7.25. The number of benzene rings is 4. The van der Waals surface area contributed by atoms with E-state index in [0.717, 1.165) is 76.4 Å². The van der Waals surface area contributed by atoms with Crippen molar-refractivity contribution in [1.82, 2.24) is 39.9 Å². The third-order valence-corrected chi connectivity index (χ3v) is 11.0. The second-order valence-electron chi connectivity index (χ2n) is 13.1. The van der Waals surface area contributed by atoms with Crippen molar-refractivity contribution < 1.29 is 8.83 Å². The topological polar surface area (TPSA) is 129 Å². The largest absolute Gasteiger partial charge is 0.436 e. The van der Waals surface area contributed by atoms with Gasteiger partial charge in [-0.05, 0) is 64.1 Å². The number of furan rings is 2. The Hall–Kier alpha value is -6.76. The Bertz CT molecular complexity index is 3110. The summed E-state index contributed by atoms with van der Waals surface area (Å²) in [5.41, 5.74) is 10.4. The van der Waals surface area contributed by atoms with E-state index in [-0.39, 0.29) is 0 Å². The van der Waals surface area contributed by atoms with Crippen LogP contribution in [0.1, 0.15) is 22.8 Å². The third kappa shape index (κ3) is 6.87. The molecular weight excluding hydrogens is 737 g/mol. The van der Waals surface area contributed by atoms with Crippen LogP contribution >= 0.6 is 22.7 Å². The highest BCUT2D eigenvalue weighted by Crippen LogP contribution is 2.32. The number of aryl methyl sites for hydroxylation is 4. The third-order valence-electron chi connectivity index (χ3n) is 8.84. The predicted octanol–water partition coefficient (Wildman–Crippen LogP) is 11.7. The molecule has 12 rings (SSSR count). The predicted molar refractivity (Wildman–Crippen MR) is 227 cm³/mol. The molecule has 56 heavy (non-hydrogen) atoms. The van der Waals surface area contributed by atoms with Gasteiger partial charge >= 0.3 is 0 Å². The fraction of sp³-hybridized carbons (Fsp3) is 0.0909. The number of aromatic nitrogens is 8. The lowest BCUT2D eigenvalue weighted by Crippen LogP contribution is -1.82. The number of para-hydroxylation sites is 2. The molecule has 12 aromatic rings. The molecule has 0 N–H and O–H groups in total. The Morgan fingerprint density at radius 2 is 0.839 bits per heavy atom. The van der Waals surface area contributed by atoms with Gasteiger partial charge in [0.25, 0.3) is 0 Å². The summed E-state index contributed by atoms with van der Waals surface area (Å²) in [6, 6.07) is 32.2. The molecule has 0 aliphatic rings. The van der Waals surface area contributed by atoms with E-state index in [1.807, 2.05) is 113 Å². The Balaban J connectivity index is 0.0000000975. The lowest BCUT2D eigenvalue weighted by molar-refractivity contribution is 0.651. The molecule has 8 heterocycles. The zero-order valence-electron chi connectivity index (χ0n) is 30.8. The standard InChI is InChI=1S/2C11H8N2O.2C11H8N2S/c1-7-6-12-11-10(13-7)8-4-2-3-5-9(8)14-11;1-7-6-12-10-8-4-2-3-5-9(8)14-11(10)13-7;1-7-6-12-11-10(13-7)8-4-2-3-5-9(8)14-11;1-7-6-12-10-8-4-2-3-5-9(8)14-11(10)13-7/h4*2-6H,1H3. The van der Waals surface area contributed by atoms with Crippen LogP contribution in [0.5, 0.6) is 0 Å². The molecule has 0 amide bonds. The Kier molecular flexibility index (Phi) is 9.25. The van der Waals surface area contributed by atoms with Crippen molar-refractivity contribution >= 4 is 108 Å². The molecule has 0 fully saturated rings. The van der Waals surface area contributed by atoms with Crippen LogP contribution in [0.3, 0.4) is 0 Å². The number of nitrogens with zero attached hydrogens (tertiary/aromatic N) is 8. The van der Waals surface area contributed by atoms with Gasteiger partial charge in [0.2, 0.25) is 11.4 Å². The summed E-state index contributed by atoms with van der Waals surface area (Å²) in [4.78, 5) is 37.0. The quantitative estimate of drug-likeness (QED) is 0.147. The highest BCUT2D eigenvalue weighted by Gasteiger charge is 2.10. The minimum Gasteiger partial charge on any atom is -0.436 e. The van der Waals surface area contributed by atoms with Gasteiger partial charge in [0.1, 0.15) is 42.9 Å². The molecule has 272 valence electrons. The average Bonchev–Trinajstić information content (AvgIpc) is 3.98. The van der Waals surface area contributed by atoms with Gasteiger partial charge in [-0.15, -0.1) is 22.7 Å². The highest BCUT2D eigenvalue weighted by atomic mass is 32.1. The Morgan fingerprint density at radius 1 is 0.375 bits per heavy atom. The van der Waals surface area contributed by atoms with E-state index in [1.165, 1.54) is 20.2 Å². The maximum atomic E-state index is 5.56. The number of hydrogen-bond donors (Lipinski definition) is 0. The van der Waals surface area contributed by atoms with Crippen LogP contribution in [0.4, 0.5) is 0 Å². The monoisotopic (exact) mass is 768 g/mol. The smallest absolute Gasteiger partial charge is 0.246 e. The van der Waals surface area contributed by atoms with Crippen LogP contribution in [0.2, 0.25) is 0 Å². The Morgan fingerprint density at radius 3 is 1.54 bits per heavy atom. The zero-order chi connectivity index (χ0) is 38.2. The molecule has 0 bridgehead atoms. The van der Waals surface area contributed by atoms with Gasteiger partial charge in [0, 0.05) is 49.5 Å². The normalized spacial score (nSPS) is 11.2. The van der Waals surface area contributed by atoms with E-state index < -0.39 is 0 Å². The Labute approximate surface area is 327 Å². The summed E-state index contributed by atoms with van der Waals surface area (Å²) in [6.07, 6.45) is 7.11. The number of thiophene rings is 2. The molecule has 0 saturated carbocycles. The molecule has 8 aromatic heterocycles. The van der Waals surface area contributed by atoms with Crippen LogP contribution in [0, 0.1) is 27.7 Å². The zero-order valence-corrected chi connectivity index (χ0v) is 32.4. The van der Waals surface area contributed by atoms with E-state index in [2.05, 4.69) is 64.1 Å². The summed E-state index contributed by atoms with van der Waals surface area (Å²) in [6.45, 7) is 7.77. The molecule has 0 saturated heterocycles. The minimum atomic E-state index is 0.608. The van der Waals surface area contributed by atoms with Crippen molar-refractivity contribution in [3.05, 3.63) is 145 Å². The summed E-state index contributed by atoms with van der Waals surface area (Å²) in [7, 11) is 0. The van der Waals surface area contributed by atoms with E-state index >= 15 is 0 Å². The molecule has 10 nitrogen and oxygen atoms in total. The van der Waals surface area contributed by atoms with E-state index in [1.54, 1.807) is 35.1 Å². The first-order valence-corrected chi connectivity index (χ1v) is 19.4. The summed E-state index contributed by atoms with van der Waals surface area (Å²) < 4.78 is 13.6. The number of rotatable bonds is 0. The van der Waals surface area contributed by atoms with Crippen LogP contribution in [-0.4, -0.2) is 39.9 Å². The molecular formula is C44H32N8O2S2. The van der Waals surface area contributed by atoms with Gasteiger partial charge in [-0.1, -0.05) is 60.7 Å². The van der Waals surface area contributed by atoms with Crippen molar-refractivity contribution in [1.29, 1.82) is 0 Å². The van der Waals surface area contributed by atoms with Crippen LogP contribution < -0.4 is 0 Å². The molecule has 0 radical (unpaired) electrons. The van der Waals surface area contributed by atoms with Crippen molar-refractivity contribution in [3.8, 4) is 0 Å². The number of fused-ring (bicyclic) bond motifs is 12. The second kappa shape index (κ2) is 14.8. The van der Waals surface area contributed by atoms with E-state index in [0.29, 0.717) is 11.4 Å². The van der Waals surface area contributed by atoms with Crippen LogP contribution in [-0.2, 0) is 0 Å². The number of hydrogen-bond acceptors (Lipinski definition) is 12. The fourth-order valence-electron chi connectivity index (χ4n) is 6.28. The SMILES string of the molecule is Cc1cnc2c(n1)oc1ccccc12.Cc1cnc2c(n1)sc1ccccc12.Cc1cnc2oc3ccccc3c2n1.Cc1cnc2sc3ccccc3c2n1. The van der Waals surface area contributed by atoms with Gasteiger partial charge < -0.3 is 8.83 Å². The maximum Gasteiger partial charge on any atom is 0.246 e. The summed E-state index contributed by atoms with van der Waals surface area (Å²) >= 11 is 3.40. The van der Waals surface area contributed by atoms with Gasteiger partial charge in [0.05, 0.1) is 29.0 Å². The minimum absolute atomic E-state index is 0.608. The van der Waals surface area contributed by atoms with Crippen molar-refractivity contribution in [2.75, 3.05) is 0 Å². The molecule has 4 aromatic carbocycles. The lowest BCUT2D eigenvalue weighted by Gasteiger charge is -1.91. The van der Waals surface area contributed by atoms with Gasteiger partial charge in [0.15, 0.2) is 0 Å². The van der Waals surface area contributed by atoms with Gasteiger partial charge in [-0.2, -0.15) is 0 Å². The summed E-state index contributed by atoms with van der Waals surface area (Å²) in [5.74, 6) is 0. The van der Waals surface area contributed by atoms with Crippen molar-refractivity contribution in [2.24, 2.45) is 0 Å². The molecule has 12 heteroatoms. The first kappa shape index (κ1) is 35.0. The molecule has 0 atom stereocenters. The fourth-order valence-corrected chi connectivity index (χ4v) is 8.34. The first-order chi connectivity index (χ1) is 27.4. The van der Waals surface area contributed by atoms with Crippen LogP contribution in [0.15, 0.2) is 131 Å². The first-order valence-electron chi connectivity index (χ1n) is 17.8. The van der Waals surface area contributed by atoms with Crippen molar-refractivity contribution in [3.63, 3.8) is 0 Å². The van der Waals surface area contributed by atoms with E-state index in [9.17, 15) is 0 Å².